The Bertz CT molecular complexity index is 915. The van der Waals surface area contributed by atoms with Crippen molar-refractivity contribution < 1.29 is 17.9 Å². The van der Waals surface area contributed by atoms with Gasteiger partial charge in [0.05, 0.1) is 17.4 Å². The van der Waals surface area contributed by atoms with Crippen molar-refractivity contribution >= 4 is 21.6 Å². The number of ether oxygens (including phenoxy) is 1. The molecular weight excluding hydrogens is 364 g/mol. The normalized spacial score (nSPS) is 15.3. The standard InChI is InChI=1S/C20H24N2O4S/c1-14(2)21-19(23)20(12-13-20)15-4-6-16(7-5-15)22-27(24,25)18-10-8-17(26-3)9-11-18/h4-11,14,22H,12-13H2,1-3H3,(H,21,23). The fourth-order valence-electron chi connectivity index (χ4n) is 3.00. The van der Waals surface area contributed by atoms with Gasteiger partial charge in [-0.3, -0.25) is 9.52 Å². The Kier molecular flexibility index (Phi) is 5.15. The van der Waals surface area contributed by atoms with Crippen LogP contribution in [0.2, 0.25) is 0 Å². The first-order chi connectivity index (χ1) is 12.8. The quantitative estimate of drug-likeness (QED) is 0.763. The maximum atomic E-state index is 12.5. The molecule has 0 radical (unpaired) electrons. The molecule has 144 valence electrons. The van der Waals surface area contributed by atoms with Gasteiger partial charge >= 0.3 is 0 Å². The summed E-state index contributed by atoms with van der Waals surface area (Å²) in [5.74, 6) is 0.622. The van der Waals surface area contributed by atoms with Crippen molar-refractivity contribution in [1.29, 1.82) is 0 Å². The fraction of sp³-hybridized carbons (Fsp3) is 0.350. The molecule has 6 nitrogen and oxygen atoms in total. The van der Waals surface area contributed by atoms with E-state index in [2.05, 4.69) is 10.0 Å². The number of sulfonamides is 1. The highest BCUT2D eigenvalue weighted by atomic mass is 32.2. The van der Waals surface area contributed by atoms with E-state index in [0.717, 1.165) is 18.4 Å². The van der Waals surface area contributed by atoms with E-state index in [1.54, 1.807) is 24.3 Å². The van der Waals surface area contributed by atoms with Gasteiger partial charge in [-0.2, -0.15) is 0 Å². The summed E-state index contributed by atoms with van der Waals surface area (Å²) in [5.41, 5.74) is 0.889. The fourth-order valence-corrected chi connectivity index (χ4v) is 4.06. The second-order valence-corrected chi connectivity index (χ2v) is 8.75. The number of rotatable bonds is 7. The van der Waals surface area contributed by atoms with Gasteiger partial charge in [0.2, 0.25) is 5.91 Å². The van der Waals surface area contributed by atoms with Gasteiger partial charge in [0.15, 0.2) is 0 Å². The molecule has 1 fully saturated rings. The van der Waals surface area contributed by atoms with E-state index in [-0.39, 0.29) is 16.8 Å². The zero-order valence-corrected chi connectivity index (χ0v) is 16.5. The smallest absolute Gasteiger partial charge is 0.261 e. The third-order valence-corrected chi connectivity index (χ3v) is 6.06. The van der Waals surface area contributed by atoms with Crippen molar-refractivity contribution in [3.63, 3.8) is 0 Å². The lowest BCUT2D eigenvalue weighted by molar-refractivity contribution is -0.124. The molecule has 2 aromatic carbocycles. The SMILES string of the molecule is COc1ccc(S(=O)(=O)Nc2ccc(C3(C(=O)NC(C)C)CC3)cc2)cc1. The lowest BCUT2D eigenvalue weighted by atomic mass is 9.94. The molecular formula is C20H24N2O4S. The Morgan fingerprint density at radius 1 is 1.04 bits per heavy atom. The van der Waals surface area contributed by atoms with Crippen molar-refractivity contribution in [3.05, 3.63) is 54.1 Å². The molecule has 1 aliphatic carbocycles. The van der Waals surface area contributed by atoms with Crippen LogP contribution in [0.5, 0.6) is 5.75 Å². The number of hydrogen-bond acceptors (Lipinski definition) is 4. The van der Waals surface area contributed by atoms with Crippen LogP contribution in [0, 0.1) is 0 Å². The molecule has 0 heterocycles. The van der Waals surface area contributed by atoms with Crippen LogP contribution in [0.3, 0.4) is 0 Å². The van der Waals surface area contributed by atoms with Crippen molar-refractivity contribution in [1.82, 2.24) is 5.32 Å². The van der Waals surface area contributed by atoms with Gasteiger partial charge in [0.25, 0.3) is 10.0 Å². The lowest BCUT2D eigenvalue weighted by Crippen LogP contribution is -2.38. The first-order valence-corrected chi connectivity index (χ1v) is 10.3. The van der Waals surface area contributed by atoms with Gasteiger partial charge < -0.3 is 10.1 Å². The maximum Gasteiger partial charge on any atom is 0.261 e. The Balaban J connectivity index is 1.75. The Hall–Kier alpha value is -2.54. The van der Waals surface area contributed by atoms with Crippen LogP contribution in [0.4, 0.5) is 5.69 Å². The van der Waals surface area contributed by atoms with Gasteiger partial charge in [-0.1, -0.05) is 12.1 Å². The van der Waals surface area contributed by atoms with Crippen LogP contribution in [0.1, 0.15) is 32.3 Å². The van der Waals surface area contributed by atoms with E-state index in [0.29, 0.717) is 11.4 Å². The number of methoxy groups -OCH3 is 1. The van der Waals surface area contributed by atoms with Gasteiger partial charge in [-0.25, -0.2) is 8.42 Å². The molecule has 0 unspecified atom stereocenters. The number of carbonyl (C=O) groups excluding carboxylic acids is 1. The minimum atomic E-state index is -3.69. The van der Waals surface area contributed by atoms with Crippen LogP contribution < -0.4 is 14.8 Å². The number of anilines is 1. The second-order valence-electron chi connectivity index (χ2n) is 7.07. The molecule has 0 bridgehead atoms. The van der Waals surface area contributed by atoms with Crippen LogP contribution in [0.15, 0.2) is 53.4 Å². The summed E-state index contributed by atoms with van der Waals surface area (Å²) in [4.78, 5) is 12.6. The Morgan fingerprint density at radius 3 is 2.11 bits per heavy atom. The van der Waals surface area contributed by atoms with E-state index in [1.165, 1.54) is 19.2 Å². The minimum Gasteiger partial charge on any atom is -0.497 e. The highest BCUT2D eigenvalue weighted by Crippen LogP contribution is 2.48. The minimum absolute atomic E-state index is 0.0315. The summed E-state index contributed by atoms with van der Waals surface area (Å²) in [6.07, 6.45) is 1.62. The first kappa shape index (κ1) is 19.2. The van der Waals surface area contributed by atoms with Crippen LogP contribution >= 0.6 is 0 Å². The van der Waals surface area contributed by atoms with Crippen molar-refractivity contribution in [2.24, 2.45) is 0 Å². The molecule has 0 spiro atoms. The van der Waals surface area contributed by atoms with Gasteiger partial charge in [0.1, 0.15) is 5.75 Å². The summed E-state index contributed by atoms with van der Waals surface area (Å²) in [6.45, 7) is 3.87. The summed E-state index contributed by atoms with van der Waals surface area (Å²) in [5, 5.41) is 2.97. The number of carbonyl (C=O) groups is 1. The summed E-state index contributed by atoms with van der Waals surface area (Å²) in [7, 11) is -2.16. The third kappa shape index (κ3) is 4.08. The van der Waals surface area contributed by atoms with Gasteiger partial charge in [-0.05, 0) is 68.7 Å². The number of amides is 1. The molecule has 7 heteroatoms. The Morgan fingerprint density at radius 2 is 1.63 bits per heavy atom. The summed E-state index contributed by atoms with van der Waals surface area (Å²) < 4.78 is 32.6. The highest BCUT2D eigenvalue weighted by Gasteiger charge is 2.51. The molecule has 0 aromatic heterocycles. The number of hydrogen-bond donors (Lipinski definition) is 2. The molecule has 1 saturated carbocycles. The molecule has 27 heavy (non-hydrogen) atoms. The summed E-state index contributed by atoms with van der Waals surface area (Å²) in [6, 6.07) is 13.3. The van der Waals surface area contributed by atoms with E-state index in [4.69, 9.17) is 4.74 Å². The molecule has 2 aromatic rings. The molecule has 2 N–H and O–H groups in total. The van der Waals surface area contributed by atoms with Crippen LogP contribution in [0.25, 0.3) is 0 Å². The van der Waals surface area contributed by atoms with E-state index in [1.807, 2.05) is 26.0 Å². The van der Waals surface area contributed by atoms with Gasteiger partial charge in [0, 0.05) is 11.7 Å². The van der Waals surface area contributed by atoms with Crippen molar-refractivity contribution in [3.8, 4) is 5.75 Å². The first-order valence-electron chi connectivity index (χ1n) is 8.85. The zero-order valence-electron chi connectivity index (χ0n) is 15.7. The number of benzene rings is 2. The second kappa shape index (κ2) is 7.23. The van der Waals surface area contributed by atoms with Crippen LogP contribution in [-0.4, -0.2) is 27.5 Å². The van der Waals surface area contributed by atoms with E-state index >= 15 is 0 Å². The molecule has 3 rings (SSSR count). The molecule has 0 aliphatic heterocycles. The monoisotopic (exact) mass is 388 g/mol. The third-order valence-electron chi connectivity index (χ3n) is 4.66. The Labute approximate surface area is 160 Å². The zero-order chi connectivity index (χ0) is 19.7. The van der Waals surface area contributed by atoms with Gasteiger partial charge in [-0.15, -0.1) is 0 Å². The molecule has 1 amide bonds. The number of nitrogens with one attached hydrogen (secondary N) is 2. The molecule has 0 saturated heterocycles. The topological polar surface area (TPSA) is 84.5 Å². The largest absolute Gasteiger partial charge is 0.497 e. The highest BCUT2D eigenvalue weighted by molar-refractivity contribution is 7.92. The van der Waals surface area contributed by atoms with E-state index < -0.39 is 15.4 Å². The lowest BCUT2D eigenvalue weighted by Gasteiger charge is -2.18. The predicted octanol–water partition coefficient (Wildman–Crippen LogP) is 3.05. The average Bonchev–Trinajstić information content (AvgIpc) is 3.43. The average molecular weight is 388 g/mol. The summed E-state index contributed by atoms with van der Waals surface area (Å²) >= 11 is 0. The molecule has 1 aliphatic rings. The van der Waals surface area contributed by atoms with Crippen molar-refractivity contribution in [2.75, 3.05) is 11.8 Å². The van der Waals surface area contributed by atoms with E-state index in [9.17, 15) is 13.2 Å². The van der Waals surface area contributed by atoms with Crippen LogP contribution in [-0.2, 0) is 20.2 Å². The maximum absolute atomic E-state index is 12.5. The molecule has 0 atom stereocenters. The van der Waals surface area contributed by atoms with Crippen molar-refractivity contribution in [2.45, 2.75) is 43.0 Å². The predicted molar refractivity (Wildman–Crippen MR) is 104 cm³/mol.